The van der Waals surface area contributed by atoms with Crippen LogP contribution in [0.1, 0.15) is 43.9 Å². The Morgan fingerprint density at radius 2 is 2.33 bits per heavy atom. The van der Waals surface area contributed by atoms with E-state index in [-0.39, 0.29) is 12.4 Å². The van der Waals surface area contributed by atoms with Crippen LogP contribution in [0.25, 0.3) is 0 Å². The number of H-pyrrole nitrogens is 1. The highest BCUT2D eigenvalue weighted by Gasteiger charge is 2.21. The number of ketones is 1. The molecular formula is C16H17NO3S. The number of esters is 1. The number of rotatable bonds is 4. The first-order valence-corrected chi connectivity index (χ1v) is 7.90. The third-order valence-electron chi connectivity index (χ3n) is 3.76. The summed E-state index contributed by atoms with van der Waals surface area (Å²) in [7, 11) is 0. The average Bonchev–Trinajstić information content (AvgIpc) is 3.12. The maximum atomic E-state index is 12.0. The normalized spacial score (nSPS) is 17.3. The van der Waals surface area contributed by atoms with Crippen LogP contribution in [0.5, 0.6) is 0 Å². The second-order valence-electron chi connectivity index (χ2n) is 5.49. The van der Waals surface area contributed by atoms with Gasteiger partial charge in [-0.25, -0.2) is 4.79 Å². The number of hydrogen-bond acceptors (Lipinski definition) is 4. The molecule has 4 nitrogen and oxygen atoms in total. The van der Waals surface area contributed by atoms with Crippen molar-refractivity contribution in [2.75, 3.05) is 6.61 Å². The number of aromatic amines is 1. The van der Waals surface area contributed by atoms with Crippen molar-refractivity contribution in [1.29, 1.82) is 0 Å². The number of nitrogens with one attached hydrogen (secondary N) is 1. The molecule has 2 aromatic rings. The number of aryl methyl sites for hydroxylation is 1. The minimum absolute atomic E-state index is 0.219. The molecule has 21 heavy (non-hydrogen) atoms. The van der Waals surface area contributed by atoms with E-state index in [1.54, 1.807) is 18.3 Å². The molecule has 0 aromatic carbocycles. The molecule has 5 heteroatoms. The molecule has 1 aliphatic carbocycles. The highest BCUT2D eigenvalue weighted by molar-refractivity contribution is 7.14. The Labute approximate surface area is 127 Å². The van der Waals surface area contributed by atoms with Gasteiger partial charge in [-0.1, -0.05) is 6.92 Å². The molecule has 1 N–H and O–H groups in total. The molecule has 0 unspecified atom stereocenters. The monoisotopic (exact) mass is 303 g/mol. The summed E-state index contributed by atoms with van der Waals surface area (Å²) in [5.74, 6) is 0.0516. The quantitative estimate of drug-likeness (QED) is 0.697. The number of Topliss-reactive ketones (excluding diaryl/α,β-unsaturated/α-hetero) is 1. The molecule has 0 spiro atoms. The van der Waals surface area contributed by atoms with Gasteiger partial charge in [-0.15, -0.1) is 11.3 Å². The van der Waals surface area contributed by atoms with Gasteiger partial charge in [-0.2, -0.15) is 0 Å². The summed E-state index contributed by atoms with van der Waals surface area (Å²) in [5, 5.41) is 0. The number of ether oxygens (including phenoxy) is 1. The van der Waals surface area contributed by atoms with Crippen molar-refractivity contribution in [2.24, 2.45) is 5.92 Å². The number of thiophene rings is 1. The van der Waals surface area contributed by atoms with Gasteiger partial charge in [0.15, 0.2) is 6.61 Å². The van der Waals surface area contributed by atoms with Crippen LogP contribution in [-0.4, -0.2) is 23.3 Å². The van der Waals surface area contributed by atoms with E-state index in [0.717, 1.165) is 12.8 Å². The molecule has 1 atom stereocenters. The Bertz CT molecular complexity index is 657. The fourth-order valence-corrected chi connectivity index (χ4v) is 3.69. The molecule has 110 valence electrons. The van der Waals surface area contributed by atoms with E-state index in [2.05, 4.69) is 11.9 Å². The van der Waals surface area contributed by atoms with Crippen molar-refractivity contribution in [2.45, 2.75) is 26.2 Å². The summed E-state index contributed by atoms with van der Waals surface area (Å²) in [4.78, 5) is 28.5. The maximum absolute atomic E-state index is 12.0. The van der Waals surface area contributed by atoms with E-state index in [0.29, 0.717) is 16.5 Å². The number of aromatic nitrogens is 1. The summed E-state index contributed by atoms with van der Waals surface area (Å²) in [6, 6.07) is 5.34. The largest absolute Gasteiger partial charge is 0.453 e. The van der Waals surface area contributed by atoms with Gasteiger partial charge in [0.05, 0.1) is 5.69 Å². The van der Waals surface area contributed by atoms with Gasteiger partial charge in [0, 0.05) is 11.1 Å². The van der Waals surface area contributed by atoms with Gasteiger partial charge in [0.1, 0.15) is 4.88 Å². The summed E-state index contributed by atoms with van der Waals surface area (Å²) in [6.45, 7) is 2.01. The van der Waals surface area contributed by atoms with Gasteiger partial charge in [0.25, 0.3) is 0 Å². The lowest BCUT2D eigenvalue weighted by molar-refractivity contribution is 0.0478. The number of carbonyl (C=O) groups excluding carboxylic acids is 2. The Morgan fingerprint density at radius 3 is 3.10 bits per heavy atom. The molecule has 0 fully saturated rings. The fourth-order valence-electron chi connectivity index (χ4n) is 2.59. The Balaban J connectivity index is 1.62. The first kappa shape index (κ1) is 14.1. The van der Waals surface area contributed by atoms with Gasteiger partial charge in [0.2, 0.25) is 5.78 Å². The molecular weight excluding hydrogens is 286 g/mol. The molecule has 0 radical (unpaired) electrons. The highest BCUT2D eigenvalue weighted by Crippen LogP contribution is 2.32. The average molecular weight is 303 g/mol. The molecule has 0 amide bonds. The number of fused-ring (bicyclic) bond motifs is 1. The molecule has 1 aliphatic rings. The minimum atomic E-state index is -0.401. The SMILES string of the molecule is C[C@@H]1CCc2sc(C(=O)OCC(=O)c3ccc[nH]3)cc2C1. The van der Waals surface area contributed by atoms with E-state index in [1.807, 2.05) is 6.07 Å². The predicted molar refractivity (Wildman–Crippen MR) is 80.9 cm³/mol. The van der Waals surface area contributed by atoms with Crippen LogP contribution in [0, 0.1) is 5.92 Å². The number of carbonyl (C=O) groups is 2. The first-order chi connectivity index (χ1) is 10.1. The third-order valence-corrected chi connectivity index (χ3v) is 4.98. The zero-order valence-corrected chi connectivity index (χ0v) is 12.7. The zero-order chi connectivity index (χ0) is 14.8. The van der Waals surface area contributed by atoms with Gasteiger partial charge in [-0.05, 0) is 48.9 Å². The van der Waals surface area contributed by atoms with Crippen LogP contribution >= 0.6 is 11.3 Å². The minimum Gasteiger partial charge on any atom is -0.453 e. The molecule has 0 saturated carbocycles. The lowest BCUT2D eigenvalue weighted by Gasteiger charge is -2.16. The van der Waals surface area contributed by atoms with E-state index < -0.39 is 5.97 Å². The molecule has 2 aromatic heterocycles. The second-order valence-corrected chi connectivity index (χ2v) is 6.63. The van der Waals surface area contributed by atoms with Crippen LogP contribution in [0.2, 0.25) is 0 Å². The van der Waals surface area contributed by atoms with Crippen LogP contribution in [0.4, 0.5) is 0 Å². The van der Waals surface area contributed by atoms with Crippen molar-refractivity contribution in [1.82, 2.24) is 4.98 Å². The molecule has 0 bridgehead atoms. The summed E-state index contributed by atoms with van der Waals surface area (Å²) in [5.41, 5.74) is 1.73. The van der Waals surface area contributed by atoms with E-state index >= 15 is 0 Å². The molecule has 2 heterocycles. The van der Waals surface area contributed by atoms with Crippen molar-refractivity contribution in [3.05, 3.63) is 45.4 Å². The van der Waals surface area contributed by atoms with Crippen molar-refractivity contribution in [3.8, 4) is 0 Å². The van der Waals surface area contributed by atoms with Crippen molar-refractivity contribution >= 4 is 23.1 Å². The van der Waals surface area contributed by atoms with E-state index in [4.69, 9.17) is 4.74 Å². The second kappa shape index (κ2) is 5.85. The zero-order valence-electron chi connectivity index (χ0n) is 11.8. The van der Waals surface area contributed by atoms with E-state index in [9.17, 15) is 9.59 Å². The Hall–Kier alpha value is -1.88. The predicted octanol–water partition coefficient (Wildman–Crippen LogP) is 3.24. The fraction of sp³-hybridized carbons (Fsp3) is 0.375. The lowest BCUT2D eigenvalue weighted by Crippen LogP contribution is -2.13. The van der Waals surface area contributed by atoms with Crippen LogP contribution in [0.15, 0.2) is 24.4 Å². The lowest BCUT2D eigenvalue weighted by atomic mass is 9.90. The van der Waals surface area contributed by atoms with E-state index in [1.165, 1.54) is 28.2 Å². The number of hydrogen-bond donors (Lipinski definition) is 1. The first-order valence-electron chi connectivity index (χ1n) is 7.09. The van der Waals surface area contributed by atoms with Gasteiger partial charge < -0.3 is 9.72 Å². The van der Waals surface area contributed by atoms with Crippen LogP contribution < -0.4 is 0 Å². The summed E-state index contributed by atoms with van der Waals surface area (Å²) in [6.07, 6.45) is 4.91. The summed E-state index contributed by atoms with van der Waals surface area (Å²) >= 11 is 1.50. The van der Waals surface area contributed by atoms with Crippen LogP contribution in [0.3, 0.4) is 0 Å². The Morgan fingerprint density at radius 1 is 1.48 bits per heavy atom. The molecule has 3 rings (SSSR count). The Kier molecular flexibility index (Phi) is 3.92. The topological polar surface area (TPSA) is 59.2 Å². The van der Waals surface area contributed by atoms with Crippen LogP contribution in [-0.2, 0) is 17.6 Å². The summed E-state index contributed by atoms with van der Waals surface area (Å²) < 4.78 is 5.12. The van der Waals surface area contributed by atoms with Crippen molar-refractivity contribution in [3.63, 3.8) is 0 Å². The van der Waals surface area contributed by atoms with Gasteiger partial charge >= 0.3 is 5.97 Å². The maximum Gasteiger partial charge on any atom is 0.348 e. The molecule has 0 saturated heterocycles. The van der Waals surface area contributed by atoms with Gasteiger partial charge in [-0.3, -0.25) is 4.79 Å². The standard InChI is InChI=1S/C16H17NO3S/c1-10-4-5-14-11(7-10)8-15(21-14)16(19)20-9-13(18)12-3-2-6-17-12/h2-3,6,8,10,17H,4-5,7,9H2,1H3/t10-/m1/s1. The smallest absolute Gasteiger partial charge is 0.348 e. The third kappa shape index (κ3) is 3.08. The molecule has 0 aliphatic heterocycles. The highest BCUT2D eigenvalue weighted by atomic mass is 32.1. The van der Waals surface area contributed by atoms with Crippen molar-refractivity contribution < 1.29 is 14.3 Å².